The van der Waals surface area contributed by atoms with Gasteiger partial charge in [-0.15, -0.1) is 0 Å². The molecule has 0 bridgehead atoms. The molecule has 1 saturated heterocycles. The highest BCUT2D eigenvalue weighted by molar-refractivity contribution is 5.94. The molecule has 1 aromatic rings. The summed E-state index contributed by atoms with van der Waals surface area (Å²) in [6.07, 6.45) is 3.34. The molecule has 21 heavy (non-hydrogen) atoms. The van der Waals surface area contributed by atoms with E-state index in [1.165, 1.54) is 0 Å². The van der Waals surface area contributed by atoms with E-state index in [1.54, 1.807) is 4.90 Å². The normalized spacial score (nSPS) is 19.3. The van der Waals surface area contributed by atoms with Crippen LogP contribution in [0.1, 0.15) is 43.5 Å². The first-order valence-corrected chi connectivity index (χ1v) is 7.73. The van der Waals surface area contributed by atoms with Crippen LogP contribution in [0.5, 0.6) is 5.75 Å². The maximum absolute atomic E-state index is 12.3. The molecule has 0 aromatic heterocycles. The summed E-state index contributed by atoms with van der Waals surface area (Å²) < 4.78 is 11.2. The van der Waals surface area contributed by atoms with Gasteiger partial charge in [-0.1, -0.05) is 6.92 Å². The summed E-state index contributed by atoms with van der Waals surface area (Å²) in [4.78, 5) is 14.1. The Kier molecular flexibility index (Phi) is 5.62. The molecule has 1 fully saturated rings. The van der Waals surface area contributed by atoms with Gasteiger partial charge in [0.05, 0.1) is 6.10 Å². The maximum Gasteiger partial charge on any atom is 0.253 e. The topological polar surface area (TPSA) is 38.8 Å². The zero-order valence-electron chi connectivity index (χ0n) is 13.2. The average molecular weight is 291 g/mol. The zero-order chi connectivity index (χ0) is 15.2. The van der Waals surface area contributed by atoms with Crippen molar-refractivity contribution in [1.29, 1.82) is 0 Å². The second-order valence-corrected chi connectivity index (χ2v) is 5.64. The van der Waals surface area contributed by atoms with Gasteiger partial charge in [0.15, 0.2) is 0 Å². The van der Waals surface area contributed by atoms with Gasteiger partial charge in [0.1, 0.15) is 12.4 Å². The highest BCUT2D eigenvalue weighted by Gasteiger charge is 2.17. The van der Waals surface area contributed by atoms with Crippen molar-refractivity contribution in [1.82, 2.24) is 4.90 Å². The third-order valence-corrected chi connectivity index (χ3v) is 4.13. The van der Waals surface area contributed by atoms with Crippen molar-refractivity contribution in [3.05, 3.63) is 29.8 Å². The molecule has 0 N–H and O–H groups in total. The summed E-state index contributed by atoms with van der Waals surface area (Å²) in [5.74, 6) is 0.836. The first-order valence-electron chi connectivity index (χ1n) is 7.73. The number of hydrogen-bond donors (Lipinski definition) is 0. The molecule has 1 aliphatic heterocycles. The van der Waals surface area contributed by atoms with Crippen LogP contribution in [0.2, 0.25) is 0 Å². The van der Waals surface area contributed by atoms with E-state index in [0.29, 0.717) is 12.2 Å². The number of carbonyl (C=O) groups is 1. The van der Waals surface area contributed by atoms with Crippen LogP contribution < -0.4 is 4.74 Å². The predicted octanol–water partition coefficient (Wildman–Crippen LogP) is 3.11. The van der Waals surface area contributed by atoms with Gasteiger partial charge in [-0.3, -0.25) is 4.79 Å². The molecule has 4 nitrogen and oxygen atoms in total. The minimum absolute atomic E-state index is 0.0510. The van der Waals surface area contributed by atoms with Crippen LogP contribution in [0.25, 0.3) is 0 Å². The number of rotatable bonds is 6. The lowest BCUT2D eigenvalue weighted by Crippen LogP contribution is -2.34. The molecule has 2 unspecified atom stereocenters. The van der Waals surface area contributed by atoms with Crippen LogP contribution in [0.15, 0.2) is 24.3 Å². The Hall–Kier alpha value is -1.55. The summed E-state index contributed by atoms with van der Waals surface area (Å²) >= 11 is 0. The summed E-state index contributed by atoms with van der Waals surface area (Å²) in [5.41, 5.74) is 0.697. The van der Waals surface area contributed by atoms with Crippen LogP contribution in [0.4, 0.5) is 0 Å². The molecule has 1 amide bonds. The number of amides is 1. The van der Waals surface area contributed by atoms with E-state index in [1.807, 2.05) is 31.3 Å². The van der Waals surface area contributed by atoms with E-state index in [2.05, 4.69) is 13.8 Å². The van der Waals surface area contributed by atoms with Gasteiger partial charge in [-0.05, 0) is 50.5 Å². The Balaban J connectivity index is 1.90. The zero-order valence-corrected chi connectivity index (χ0v) is 13.2. The molecule has 0 radical (unpaired) electrons. The number of carbonyl (C=O) groups excluding carboxylic acids is 1. The Morgan fingerprint density at radius 1 is 1.43 bits per heavy atom. The van der Waals surface area contributed by atoms with E-state index >= 15 is 0 Å². The van der Waals surface area contributed by atoms with E-state index in [0.717, 1.165) is 31.6 Å². The smallest absolute Gasteiger partial charge is 0.253 e. The predicted molar refractivity (Wildman–Crippen MR) is 82.8 cm³/mol. The van der Waals surface area contributed by atoms with E-state index < -0.39 is 0 Å². The van der Waals surface area contributed by atoms with Crippen LogP contribution in [-0.4, -0.2) is 43.2 Å². The van der Waals surface area contributed by atoms with Crippen LogP contribution >= 0.6 is 0 Å². The maximum atomic E-state index is 12.3. The molecular weight excluding hydrogens is 266 g/mol. The molecule has 0 aliphatic carbocycles. The molecule has 4 heteroatoms. The fourth-order valence-corrected chi connectivity index (χ4v) is 2.34. The lowest BCUT2D eigenvalue weighted by Gasteiger charge is -2.24. The molecule has 1 aromatic carbocycles. The van der Waals surface area contributed by atoms with Crippen molar-refractivity contribution in [3.8, 4) is 5.75 Å². The number of ether oxygens (including phenoxy) is 2. The fraction of sp³-hybridized carbons (Fsp3) is 0.588. The van der Waals surface area contributed by atoms with Crippen molar-refractivity contribution in [2.24, 2.45) is 0 Å². The Morgan fingerprint density at radius 2 is 2.14 bits per heavy atom. The Morgan fingerprint density at radius 3 is 2.71 bits per heavy atom. The van der Waals surface area contributed by atoms with Crippen molar-refractivity contribution in [3.63, 3.8) is 0 Å². The lowest BCUT2D eigenvalue weighted by atomic mass is 10.1. The fourth-order valence-electron chi connectivity index (χ4n) is 2.34. The van der Waals surface area contributed by atoms with E-state index in [9.17, 15) is 4.79 Å². The largest absolute Gasteiger partial charge is 0.491 e. The summed E-state index contributed by atoms with van der Waals surface area (Å²) in [6, 6.07) is 7.60. The van der Waals surface area contributed by atoms with E-state index in [4.69, 9.17) is 9.47 Å². The molecule has 2 atom stereocenters. The highest BCUT2D eigenvalue weighted by Crippen LogP contribution is 2.17. The highest BCUT2D eigenvalue weighted by atomic mass is 16.5. The third-order valence-electron chi connectivity index (χ3n) is 4.13. The first kappa shape index (κ1) is 15.8. The summed E-state index contributed by atoms with van der Waals surface area (Å²) in [5, 5.41) is 0. The number of benzene rings is 1. The average Bonchev–Trinajstić information content (AvgIpc) is 3.04. The third kappa shape index (κ3) is 4.21. The van der Waals surface area contributed by atoms with Crippen molar-refractivity contribution in [2.45, 2.75) is 45.3 Å². The van der Waals surface area contributed by atoms with Gasteiger partial charge in [0.25, 0.3) is 5.91 Å². The second kappa shape index (κ2) is 7.46. The summed E-state index contributed by atoms with van der Waals surface area (Å²) in [7, 11) is 1.85. The van der Waals surface area contributed by atoms with Crippen molar-refractivity contribution >= 4 is 5.91 Å². The van der Waals surface area contributed by atoms with Crippen LogP contribution in [0, 0.1) is 0 Å². The van der Waals surface area contributed by atoms with Gasteiger partial charge in [0, 0.05) is 25.3 Å². The quantitative estimate of drug-likeness (QED) is 0.808. The van der Waals surface area contributed by atoms with E-state index in [-0.39, 0.29) is 18.1 Å². The van der Waals surface area contributed by atoms with Gasteiger partial charge in [-0.25, -0.2) is 0 Å². The lowest BCUT2D eigenvalue weighted by molar-refractivity contribution is 0.0678. The number of nitrogens with zero attached hydrogens (tertiary/aromatic N) is 1. The Bertz CT molecular complexity index is 452. The molecule has 2 rings (SSSR count). The molecule has 1 aliphatic rings. The van der Waals surface area contributed by atoms with Gasteiger partial charge < -0.3 is 14.4 Å². The Labute approximate surface area is 127 Å². The van der Waals surface area contributed by atoms with Crippen molar-refractivity contribution in [2.75, 3.05) is 20.3 Å². The monoisotopic (exact) mass is 291 g/mol. The number of hydrogen-bond acceptors (Lipinski definition) is 3. The van der Waals surface area contributed by atoms with Crippen LogP contribution in [0.3, 0.4) is 0 Å². The summed E-state index contributed by atoms with van der Waals surface area (Å²) in [6.45, 7) is 5.55. The molecule has 0 spiro atoms. The van der Waals surface area contributed by atoms with Crippen LogP contribution in [-0.2, 0) is 4.74 Å². The van der Waals surface area contributed by atoms with Crippen molar-refractivity contribution < 1.29 is 14.3 Å². The molecule has 116 valence electrons. The van der Waals surface area contributed by atoms with Gasteiger partial charge in [-0.2, -0.15) is 0 Å². The standard InChI is InChI=1S/C17H25NO3/c1-4-13(2)18(3)17(19)14-7-9-15(10-8-14)21-12-16-6-5-11-20-16/h7-10,13,16H,4-6,11-12H2,1-3H3. The SMILES string of the molecule is CCC(C)N(C)C(=O)c1ccc(OCC2CCCO2)cc1. The molecular formula is C17H25NO3. The molecule has 1 heterocycles. The second-order valence-electron chi connectivity index (χ2n) is 5.64. The van der Waals surface area contributed by atoms with Gasteiger partial charge in [0.2, 0.25) is 0 Å². The minimum atomic E-state index is 0.0510. The molecule has 0 saturated carbocycles. The van der Waals surface area contributed by atoms with Gasteiger partial charge >= 0.3 is 0 Å². The first-order chi connectivity index (χ1) is 10.1. The minimum Gasteiger partial charge on any atom is -0.491 e.